The molecule has 32 heavy (non-hydrogen) atoms. The molecule has 170 valence electrons. The quantitative estimate of drug-likeness (QED) is 0.404. The van der Waals surface area contributed by atoms with E-state index in [0.29, 0.717) is 11.6 Å². The van der Waals surface area contributed by atoms with Crippen molar-refractivity contribution >= 4 is 34.1 Å². The van der Waals surface area contributed by atoms with E-state index in [9.17, 15) is 9.18 Å². The number of halogens is 1. The average molecular weight is 440 g/mol. The maximum absolute atomic E-state index is 14.8. The van der Waals surface area contributed by atoms with Crippen molar-refractivity contribution in [2.45, 2.75) is 58.7 Å². The van der Waals surface area contributed by atoms with Crippen LogP contribution in [0.2, 0.25) is 0 Å². The van der Waals surface area contributed by atoms with E-state index in [2.05, 4.69) is 27.6 Å². The number of hydrogen-bond donors (Lipinski definition) is 4. The normalized spacial score (nSPS) is 15.5. The fourth-order valence-electron chi connectivity index (χ4n) is 4.13. The second-order valence-electron chi connectivity index (χ2n) is 8.42. The van der Waals surface area contributed by atoms with Crippen LogP contribution in [0.3, 0.4) is 0 Å². The van der Waals surface area contributed by atoms with Gasteiger partial charge < -0.3 is 22.1 Å². The van der Waals surface area contributed by atoms with Crippen molar-refractivity contribution in [1.29, 1.82) is 0 Å². The molecule has 1 aliphatic carbocycles. The zero-order chi connectivity index (χ0) is 23.0. The van der Waals surface area contributed by atoms with Crippen LogP contribution in [0.25, 0.3) is 10.9 Å². The third-order valence-corrected chi connectivity index (χ3v) is 5.97. The highest BCUT2D eigenvalue weighted by Gasteiger charge is 2.34. The van der Waals surface area contributed by atoms with E-state index in [0.717, 1.165) is 48.5 Å². The van der Waals surface area contributed by atoms with Crippen LogP contribution in [0.4, 0.5) is 21.7 Å². The number of carbonyl (C=O) groups is 1. The number of aromatic nitrogens is 3. The Balaban J connectivity index is 1.71. The van der Waals surface area contributed by atoms with Gasteiger partial charge in [-0.3, -0.25) is 9.48 Å². The van der Waals surface area contributed by atoms with Crippen molar-refractivity contribution < 1.29 is 9.18 Å². The molecular formula is C23H30FN7O. The summed E-state index contributed by atoms with van der Waals surface area (Å²) < 4.78 is 16.7. The number of amides is 1. The lowest BCUT2D eigenvalue weighted by Gasteiger charge is -2.23. The summed E-state index contributed by atoms with van der Waals surface area (Å²) >= 11 is 0. The zero-order valence-electron chi connectivity index (χ0n) is 18.7. The Labute approximate surface area is 186 Å². The first-order chi connectivity index (χ1) is 15.3. The number of anilines is 3. The Morgan fingerprint density at radius 2 is 2.03 bits per heavy atom. The Kier molecular flexibility index (Phi) is 6.01. The van der Waals surface area contributed by atoms with E-state index >= 15 is 0 Å². The molecule has 0 unspecified atom stereocenters. The van der Waals surface area contributed by atoms with Gasteiger partial charge in [0.1, 0.15) is 5.82 Å². The molecule has 1 aliphatic rings. The molecule has 0 bridgehead atoms. The van der Waals surface area contributed by atoms with Crippen molar-refractivity contribution in [3.8, 4) is 0 Å². The van der Waals surface area contributed by atoms with Crippen LogP contribution in [-0.2, 0) is 13.0 Å². The summed E-state index contributed by atoms with van der Waals surface area (Å²) in [7, 11) is 0. The summed E-state index contributed by atoms with van der Waals surface area (Å²) in [5.74, 6) is -0.746. The lowest BCUT2D eigenvalue weighted by atomic mass is 10.1. The number of primary amides is 1. The van der Waals surface area contributed by atoms with E-state index in [1.807, 2.05) is 36.7 Å². The molecule has 1 amide bonds. The van der Waals surface area contributed by atoms with Gasteiger partial charge in [-0.05, 0) is 63.3 Å². The molecule has 8 nitrogen and oxygen atoms in total. The maximum Gasteiger partial charge on any atom is 0.252 e. The lowest BCUT2D eigenvalue weighted by Crippen LogP contribution is -2.40. The van der Waals surface area contributed by atoms with Crippen molar-refractivity contribution in [1.82, 2.24) is 14.8 Å². The number of nitrogens with zero attached hydrogens (tertiary/aromatic N) is 3. The van der Waals surface area contributed by atoms with Crippen molar-refractivity contribution in [2.24, 2.45) is 17.4 Å². The maximum atomic E-state index is 14.8. The van der Waals surface area contributed by atoms with Gasteiger partial charge in [0.2, 0.25) is 0 Å². The third-order valence-electron chi connectivity index (χ3n) is 5.97. The van der Waals surface area contributed by atoms with E-state index in [1.165, 1.54) is 0 Å². The molecule has 3 aromatic rings. The van der Waals surface area contributed by atoms with Crippen LogP contribution in [0.15, 0.2) is 24.3 Å². The number of hydrogen-bond acceptors (Lipinski definition) is 6. The molecule has 2 heterocycles. The molecule has 0 aliphatic heterocycles. The molecule has 0 spiro atoms. The topological polar surface area (TPSA) is 124 Å². The number of nitrogens with two attached hydrogens (primary N) is 2. The standard InChI is InChI=1S/C23H30FN7O/c1-4-18-15-10-14(8-9-19(15)31(5-2)30-18)27-22-16(21(26)32)11-17(24)23(29-22)28-20(12(3)25)13-6-7-13/h8-13,20H,4-7,25H2,1-3H3,(H2,26,32)(H2,27,28,29)/t12-,20-/m0/s1. The molecule has 6 N–H and O–H groups in total. The second-order valence-corrected chi connectivity index (χ2v) is 8.42. The molecule has 2 aromatic heterocycles. The molecule has 1 fully saturated rings. The van der Waals surface area contributed by atoms with Crippen LogP contribution >= 0.6 is 0 Å². The molecule has 0 saturated heterocycles. The summed E-state index contributed by atoms with van der Waals surface area (Å²) in [6, 6.07) is 6.68. The first kappa shape index (κ1) is 22.0. The highest BCUT2D eigenvalue weighted by Crippen LogP contribution is 2.36. The minimum absolute atomic E-state index is 0.0168. The third kappa shape index (κ3) is 4.25. The first-order valence-electron chi connectivity index (χ1n) is 11.1. The van der Waals surface area contributed by atoms with Crippen molar-refractivity contribution in [3.05, 3.63) is 41.3 Å². The van der Waals surface area contributed by atoms with Gasteiger partial charge >= 0.3 is 0 Å². The number of nitrogens with one attached hydrogen (secondary N) is 2. The van der Waals surface area contributed by atoms with E-state index < -0.39 is 11.7 Å². The molecule has 9 heteroatoms. The van der Waals surface area contributed by atoms with Gasteiger partial charge in [0, 0.05) is 29.7 Å². The van der Waals surface area contributed by atoms with Gasteiger partial charge in [-0.1, -0.05) is 6.92 Å². The smallest absolute Gasteiger partial charge is 0.252 e. The SMILES string of the molecule is CCc1nn(CC)c2ccc(Nc3nc(N[C@H](C4CC4)[C@H](C)N)c(F)cc3C(N)=O)cc12. The first-order valence-corrected chi connectivity index (χ1v) is 11.1. The van der Waals surface area contributed by atoms with Gasteiger partial charge in [-0.2, -0.15) is 5.10 Å². The summed E-state index contributed by atoms with van der Waals surface area (Å²) in [6.45, 7) is 6.76. The molecular weight excluding hydrogens is 409 g/mol. The Hall–Kier alpha value is -3.20. The number of rotatable bonds is 9. The minimum Gasteiger partial charge on any atom is -0.365 e. The fraction of sp³-hybridized carbons (Fsp3) is 0.435. The van der Waals surface area contributed by atoms with Gasteiger partial charge in [-0.15, -0.1) is 0 Å². The number of carbonyl (C=O) groups excluding carboxylic acids is 1. The summed E-state index contributed by atoms with van der Waals surface area (Å²) in [5.41, 5.74) is 14.3. The van der Waals surface area contributed by atoms with E-state index in [1.54, 1.807) is 0 Å². The Bertz CT molecular complexity index is 1150. The lowest BCUT2D eigenvalue weighted by molar-refractivity contribution is 0.100. The highest BCUT2D eigenvalue weighted by molar-refractivity contribution is 5.99. The minimum atomic E-state index is -0.759. The Morgan fingerprint density at radius 3 is 2.62 bits per heavy atom. The zero-order valence-corrected chi connectivity index (χ0v) is 18.7. The van der Waals surface area contributed by atoms with Gasteiger partial charge in [-0.25, -0.2) is 9.37 Å². The van der Waals surface area contributed by atoms with E-state index in [-0.39, 0.29) is 29.3 Å². The number of fused-ring (bicyclic) bond motifs is 1. The molecule has 0 radical (unpaired) electrons. The van der Waals surface area contributed by atoms with Gasteiger partial charge in [0.25, 0.3) is 5.91 Å². The highest BCUT2D eigenvalue weighted by atomic mass is 19.1. The summed E-state index contributed by atoms with van der Waals surface area (Å²) in [5, 5.41) is 12.0. The second kappa shape index (κ2) is 8.74. The Morgan fingerprint density at radius 1 is 1.28 bits per heavy atom. The van der Waals surface area contributed by atoms with Crippen LogP contribution in [0.5, 0.6) is 0 Å². The predicted octanol–water partition coefficient (Wildman–Crippen LogP) is 3.53. The van der Waals surface area contributed by atoms with Crippen LogP contribution in [0, 0.1) is 11.7 Å². The largest absolute Gasteiger partial charge is 0.365 e. The summed E-state index contributed by atoms with van der Waals surface area (Å²) in [4.78, 5) is 16.4. The number of benzene rings is 1. The van der Waals surface area contributed by atoms with Crippen molar-refractivity contribution in [2.75, 3.05) is 10.6 Å². The predicted molar refractivity (Wildman–Crippen MR) is 125 cm³/mol. The van der Waals surface area contributed by atoms with Crippen LogP contribution in [0.1, 0.15) is 49.7 Å². The number of pyridine rings is 1. The summed E-state index contributed by atoms with van der Waals surface area (Å²) in [6.07, 6.45) is 2.90. The monoisotopic (exact) mass is 439 g/mol. The van der Waals surface area contributed by atoms with Crippen LogP contribution in [-0.4, -0.2) is 32.8 Å². The molecule has 1 saturated carbocycles. The van der Waals surface area contributed by atoms with Gasteiger partial charge in [0.05, 0.1) is 16.8 Å². The number of aryl methyl sites for hydroxylation is 2. The van der Waals surface area contributed by atoms with Crippen molar-refractivity contribution in [3.63, 3.8) is 0 Å². The van der Waals surface area contributed by atoms with Gasteiger partial charge in [0.15, 0.2) is 11.6 Å². The fourth-order valence-corrected chi connectivity index (χ4v) is 4.13. The average Bonchev–Trinajstić information content (AvgIpc) is 3.53. The molecule has 2 atom stereocenters. The van der Waals surface area contributed by atoms with E-state index in [4.69, 9.17) is 11.5 Å². The molecule has 1 aromatic carbocycles. The molecule has 4 rings (SSSR count). The van der Waals surface area contributed by atoms with Crippen LogP contribution < -0.4 is 22.1 Å².